The molecule has 10 heteroatoms. The average molecular weight is 499 g/mol. The number of rotatable bonds is 7. The molecule has 1 aromatic carbocycles. The Bertz CT molecular complexity index is 995. The third-order valence-corrected chi connectivity index (χ3v) is 7.97. The number of nitrogens with zero attached hydrogens (tertiary/aromatic N) is 2. The Morgan fingerprint density at radius 1 is 1.23 bits per heavy atom. The van der Waals surface area contributed by atoms with Crippen molar-refractivity contribution < 1.29 is 24.1 Å². The van der Waals surface area contributed by atoms with E-state index in [1.807, 2.05) is 0 Å². The lowest BCUT2D eigenvalue weighted by Crippen LogP contribution is -2.56. The molecule has 30 heavy (non-hydrogen) atoms. The van der Waals surface area contributed by atoms with Crippen LogP contribution in [0.2, 0.25) is 25.7 Å². The van der Waals surface area contributed by atoms with Crippen molar-refractivity contribution in [1.29, 1.82) is 0 Å². The molecule has 2 aliphatic rings. The minimum atomic E-state index is -1.24. The number of hydrogen-bond acceptors (Lipinski definition) is 7. The van der Waals surface area contributed by atoms with Gasteiger partial charge in [0.2, 0.25) is 0 Å². The van der Waals surface area contributed by atoms with E-state index in [-0.39, 0.29) is 38.7 Å². The second kappa shape index (κ2) is 7.99. The molecule has 1 aromatic heterocycles. The monoisotopic (exact) mass is 498 g/mol. The molecular weight excluding hydrogens is 472 g/mol. The number of halogens is 1. The van der Waals surface area contributed by atoms with Gasteiger partial charge in [-0.15, -0.1) is 0 Å². The Labute approximate surface area is 184 Å². The maximum Gasteiger partial charge on any atom is 0.266 e. The Hall–Kier alpha value is -1.30. The smallest absolute Gasteiger partial charge is 0.266 e. The molecule has 4 rings (SSSR count). The Kier molecular flexibility index (Phi) is 5.84. The lowest BCUT2D eigenvalue weighted by Gasteiger charge is -2.32. The van der Waals surface area contributed by atoms with Gasteiger partial charge in [0.1, 0.15) is 24.2 Å². The molecule has 2 saturated heterocycles. The second-order valence-corrected chi connectivity index (χ2v) is 15.7. The number of aliphatic hydroxyl groups is 1. The fourth-order valence-electron chi connectivity index (χ4n) is 3.67. The van der Waals surface area contributed by atoms with E-state index in [1.54, 1.807) is 12.1 Å². The molecule has 0 spiro atoms. The highest BCUT2D eigenvalue weighted by Gasteiger charge is 2.62. The maximum atomic E-state index is 13.3. The number of ether oxygens (including phenoxy) is 4. The van der Waals surface area contributed by atoms with Crippen LogP contribution in [0.25, 0.3) is 10.9 Å². The molecular formula is C20H27BrN2O6Si. The van der Waals surface area contributed by atoms with Gasteiger partial charge in [-0.1, -0.05) is 19.6 Å². The minimum absolute atomic E-state index is 0.125. The maximum absolute atomic E-state index is 13.3. The van der Waals surface area contributed by atoms with Crippen LogP contribution >= 0.6 is 15.9 Å². The molecule has 1 N–H and O–H groups in total. The summed E-state index contributed by atoms with van der Waals surface area (Å²) in [7, 11) is -1.21. The lowest BCUT2D eigenvalue weighted by atomic mass is 9.89. The van der Waals surface area contributed by atoms with Gasteiger partial charge in [0, 0.05) is 19.2 Å². The highest BCUT2D eigenvalue weighted by molar-refractivity contribution is 9.10. The first-order chi connectivity index (χ1) is 14.1. The Morgan fingerprint density at radius 3 is 2.60 bits per heavy atom. The summed E-state index contributed by atoms with van der Waals surface area (Å²) < 4.78 is 25.1. The molecule has 0 radical (unpaired) electrons. The molecule has 0 atom stereocenters. The van der Waals surface area contributed by atoms with Crippen LogP contribution in [0.15, 0.2) is 27.7 Å². The van der Waals surface area contributed by atoms with Gasteiger partial charge in [-0.25, -0.2) is 4.98 Å². The van der Waals surface area contributed by atoms with Crippen molar-refractivity contribution >= 4 is 34.9 Å². The Balaban J connectivity index is 1.66. The van der Waals surface area contributed by atoms with Gasteiger partial charge in [-0.3, -0.25) is 9.36 Å². The van der Waals surface area contributed by atoms with Gasteiger partial charge >= 0.3 is 0 Å². The summed E-state index contributed by atoms with van der Waals surface area (Å²) in [6.07, 6.45) is 1.49. The summed E-state index contributed by atoms with van der Waals surface area (Å²) in [6, 6.07) is 4.50. The average Bonchev–Trinajstić information content (AvgIpc) is 3.13. The highest BCUT2D eigenvalue weighted by Crippen LogP contribution is 2.41. The van der Waals surface area contributed by atoms with E-state index >= 15 is 0 Å². The zero-order valence-corrected chi connectivity index (χ0v) is 20.0. The third-order valence-electron chi connectivity index (χ3n) is 5.62. The van der Waals surface area contributed by atoms with Crippen LogP contribution in [0.3, 0.4) is 0 Å². The van der Waals surface area contributed by atoms with Crippen LogP contribution in [-0.4, -0.2) is 67.0 Å². The molecule has 0 saturated carbocycles. The van der Waals surface area contributed by atoms with Crippen molar-refractivity contribution in [2.75, 3.05) is 33.0 Å². The third kappa shape index (κ3) is 3.96. The first-order valence-corrected chi connectivity index (χ1v) is 14.5. The summed E-state index contributed by atoms with van der Waals surface area (Å²) in [6.45, 7) is 8.21. The van der Waals surface area contributed by atoms with Gasteiger partial charge < -0.3 is 24.1 Å². The van der Waals surface area contributed by atoms with Crippen LogP contribution in [0, 0.1) is 0 Å². The molecule has 3 heterocycles. The molecule has 0 amide bonds. The van der Waals surface area contributed by atoms with Gasteiger partial charge in [0.15, 0.2) is 11.2 Å². The first-order valence-electron chi connectivity index (χ1n) is 9.97. The second-order valence-electron chi connectivity index (χ2n) is 9.25. The van der Waals surface area contributed by atoms with Crippen LogP contribution in [0.4, 0.5) is 0 Å². The minimum Gasteiger partial charge on any atom is -0.478 e. The molecule has 0 bridgehead atoms. The quantitative estimate of drug-likeness (QED) is 0.462. The van der Waals surface area contributed by atoms with Gasteiger partial charge in [0.05, 0.1) is 31.9 Å². The summed E-state index contributed by atoms with van der Waals surface area (Å²) >= 11 is 3.46. The Morgan fingerprint density at radius 2 is 1.93 bits per heavy atom. The molecule has 2 aromatic rings. The molecule has 2 aliphatic heterocycles. The van der Waals surface area contributed by atoms with Crippen molar-refractivity contribution in [1.82, 2.24) is 9.55 Å². The van der Waals surface area contributed by atoms with Crippen LogP contribution in [-0.2, 0) is 20.9 Å². The van der Waals surface area contributed by atoms with Crippen molar-refractivity contribution in [2.24, 2.45) is 0 Å². The predicted octanol–water partition coefficient (Wildman–Crippen LogP) is 2.38. The fourth-order valence-corrected chi connectivity index (χ4v) is 4.86. The summed E-state index contributed by atoms with van der Waals surface area (Å²) in [4.78, 5) is 17.7. The van der Waals surface area contributed by atoms with E-state index in [1.165, 1.54) is 10.9 Å². The fraction of sp³-hybridized carbons (Fsp3) is 0.600. The van der Waals surface area contributed by atoms with Crippen LogP contribution in [0.5, 0.6) is 5.75 Å². The first kappa shape index (κ1) is 21.9. The van der Waals surface area contributed by atoms with Crippen molar-refractivity contribution in [3.8, 4) is 5.75 Å². The molecule has 164 valence electrons. The molecule has 0 unspecified atom stereocenters. The van der Waals surface area contributed by atoms with E-state index in [9.17, 15) is 9.90 Å². The normalized spacial score (nSPS) is 26.3. The van der Waals surface area contributed by atoms with Gasteiger partial charge in [-0.05, 0) is 34.1 Å². The van der Waals surface area contributed by atoms with E-state index in [2.05, 4.69) is 40.6 Å². The molecule has 0 aliphatic carbocycles. The van der Waals surface area contributed by atoms with Gasteiger partial charge in [-0.2, -0.15) is 0 Å². The van der Waals surface area contributed by atoms with Gasteiger partial charge in [0.25, 0.3) is 5.56 Å². The number of benzene rings is 1. The van der Waals surface area contributed by atoms with E-state index in [0.29, 0.717) is 27.7 Å². The molecule has 2 fully saturated rings. The van der Waals surface area contributed by atoms with E-state index < -0.39 is 19.3 Å². The highest BCUT2D eigenvalue weighted by atomic mass is 79.9. The van der Waals surface area contributed by atoms with E-state index in [0.717, 1.165) is 6.04 Å². The van der Waals surface area contributed by atoms with Crippen molar-refractivity contribution in [3.05, 3.63) is 33.3 Å². The van der Waals surface area contributed by atoms with Crippen LogP contribution < -0.4 is 10.3 Å². The SMILES string of the molecule is C[Si](C)(C)CCOCn1cnc2c(Br)ccc(OC34COCC3(O)COC4)c2c1=O. The van der Waals surface area contributed by atoms with Crippen LogP contribution in [0.1, 0.15) is 0 Å². The standard InChI is InChI=1S/C20H27BrN2O6Si/c1-30(2,3)7-6-26-13-23-12-22-17-14(21)4-5-15(16(17)18(23)24)29-20-10-27-8-19(20,25)9-28-11-20/h4-5,12,25H,6-11,13H2,1-3H3. The number of fused-ring (bicyclic) bond motifs is 2. The van der Waals surface area contributed by atoms with Crippen molar-refractivity contribution in [2.45, 2.75) is 43.6 Å². The number of aromatic nitrogens is 2. The summed E-state index contributed by atoms with van der Waals surface area (Å²) in [5, 5.41) is 11.2. The topological polar surface area (TPSA) is 92.0 Å². The zero-order valence-electron chi connectivity index (χ0n) is 17.4. The largest absolute Gasteiger partial charge is 0.478 e. The van der Waals surface area contributed by atoms with Crippen molar-refractivity contribution in [3.63, 3.8) is 0 Å². The van der Waals surface area contributed by atoms with E-state index in [4.69, 9.17) is 18.9 Å². The lowest BCUT2D eigenvalue weighted by molar-refractivity contribution is -0.0628. The summed E-state index contributed by atoms with van der Waals surface area (Å²) in [5.74, 6) is 0.344. The molecule has 8 nitrogen and oxygen atoms in total. The zero-order chi connectivity index (χ0) is 21.6. The predicted molar refractivity (Wildman–Crippen MR) is 118 cm³/mol. The summed E-state index contributed by atoms with van der Waals surface area (Å²) in [5.41, 5.74) is -2.06. The number of hydrogen-bond donors (Lipinski definition) is 1.